The van der Waals surface area contributed by atoms with E-state index in [-0.39, 0.29) is 48.1 Å². The van der Waals surface area contributed by atoms with Gasteiger partial charge in [0.25, 0.3) is 0 Å². The summed E-state index contributed by atoms with van der Waals surface area (Å²) < 4.78 is 0. The van der Waals surface area contributed by atoms with Gasteiger partial charge in [-0.25, -0.2) is 4.98 Å². The SMILES string of the molecule is Cc1ncsc1-c1ccc(C(C)NC(=O)[C@@H]2C[C@@H](O)CN2C(=O)C(NC(=O)C2CC3(CC(C(=O)O)C3)C2)C(C)(C)C)cc1. The minimum Gasteiger partial charge on any atom is -0.481 e. The molecule has 4 atom stereocenters. The number of β-amino-alcohol motifs (C(OH)–C–C–N with tert-alkyl or cyclic N) is 1. The van der Waals surface area contributed by atoms with E-state index in [9.17, 15) is 29.4 Å². The van der Waals surface area contributed by atoms with Gasteiger partial charge < -0.3 is 25.7 Å². The standard InChI is InChI=1S/C32H42N4O6S/c1-17(19-6-8-20(9-7-19)25-18(2)33-16-43-25)34-28(39)24-10-23(37)15-36(24)29(40)26(31(3,4)5)35-27(38)21-11-32(12-21)13-22(14-32)30(41)42/h6-9,16-17,21-24,26,37H,10-15H2,1-5H3,(H,34,39)(H,35,38)(H,41,42)/t17?,21?,22?,23-,24+,26?,32?/m1/s1. The van der Waals surface area contributed by atoms with Crippen molar-refractivity contribution < 1.29 is 29.4 Å². The molecule has 5 rings (SSSR count). The largest absolute Gasteiger partial charge is 0.481 e. The van der Waals surface area contributed by atoms with Gasteiger partial charge in [-0.1, -0.05) is 45.0 Å². The van der Waals surface area contributed by atoms with Crippen LogP contribution in [0.4, 0.5) is 0 Å². The number of aliphatic hydroxyl groups excluding tert-OH is 1. The molecule has 2 unspecified atom stereocenters. The smallest absolute Gasteiger partial charge is 0.306 e. The first kappa shape index (κ1) is 31.1. The van der Waals surface area contributed by atoms with Gasteiger partial charge in [0, 0.05) is 18.9 Å². The lowest BCUT2D eigenvalue weighted by atomic mass is 9.48. The first-order valence-corrected chi connectivity index (χ1v) is 15.9. The normalized spacial score (nSPS) is 28.0. The second-order valence-corrected chi connectivity index (χ2v) is 14.7. The molecule has 11 heteroatoms. The Labute approximate surface area is 256 Å². The van der Waals surface area contributed by atoms with Crippen LogP contribution in [-0.2, 0) is 19.2 Å². The molecule has 0 radical (unpaired) electrons. The molecular formula is C32H42N4O6S. The number of carboxylic acid groups (broad SMARTS) is 1. The Morgan fingerprint density at radius 2 is 1.65 bits per heavy atom. The molecule has 0 bridgehead atoms. The van der Waals surface area contributed by atoms with E-state index in [1.165, 1.54) is 4.90 Å². The molecule has 4 N–H and O–H groups in total. The number of aromatic nitrogens is 1. The summed E-state index contributed by atoms with van der Waals surface area (Å²) in [6.07, 6.45) is 1.73. The lowest BCUT2D eigenvalue weighted by molar-refractivity contribution is -0.162. The molecule has 3 amide bonds. The molecular weight excluding hydrogens is 568 g/mol. The van der Waals surface area contributed by atoms with E-state index in [2.05, 4.69) is 15.6 Å². The van der Waals surface area contributed by atoms with Crippen LogP contribution >= 0.6 is 11.3 Å². The molecule has 1 aromatic carbocycles. The summed E-state index contributed by atoms with van der Waals surface area (Å²) in [5, 5.41) is 25.7. The first-order valence-electron chi connectivity index (χ1n) is 15.0. The molecule has 2 aromatic rings. The van der Waals surface area contributed by atoms with Gasteiger partial charge in [-0.3, -0.25) is 19.2 Å². The lowest BCUT2D eigenvalue weighted by Gasteiger charge is -2.56. The van der Waals surface area contributed by atoms with Crippen LogP contribution < -0.4 is 10.6 Å². The second-order valence-electron chi connectivity index (χ2n) is 13.9. The number of benzene rings is 1. The average molecular weight is 611 g/mol. The van der Waals surface area contributed by atoms with E-state index in [0.29, 0.717) is 25.7 Å². The number of hydrogen-bond acceptors (Lipinski definition) is 7. The number of carbonyl (C=O) groups excluding carboxylic acids is 3. The molecule has 2 aliphatic carbocycles. The monoisotopic (exact) mass is 610 g/mol. The molecule has 1 aromatic heterocycles. The molecule has 1 saturated heterocycles. The van der Waals surface area contributed by atoms with Crippen LogP contribution in [0.3, 0.4) is 0 Å². The Morgan fingerprint density at radius 3 is 2.21 bits per heavy atom. The highest BCUT2D eigenvalue weighted by molar-refractivity contribution is 7.13. The number of amides is 3. The van der Waals surface area contributed by atoms with Crippen LogP contribution in [0.2, 0.25) is 0 Å². The number of carbonyl (C=O) groups is 4. The Kier molecular flexibility index (Phi) is 8.43. The highest BCUT2D eigenvalue weighted by atomic mass is 32.1. The fraction of sp³-hybridized carbons (Fsp3) is 0.594. The van der Waals surface area contributed by atoms with Crippen molar-refractivity contribution >= 4 is 35.0 Å². The molecule has 2 saturated carbocycles. The summed E-state index contributed by atoms with van der Waals surface area (Å²) in [7, 11) is 0. The summed E-state index contributed by atoms with van der Waals surface area (Å²) in [4.78, 5) is 58.6. The van der Waals surface area contributed by atoms with E-state index in [1.54, 1.807) is 11.3 Å². The Balaban J connectivity index is 1.22. The number of aliphatic carboxylic acids is 1. The molecule has 3 fully saturated rings. The molecule has 43 heavy (non-hydrogen) atoms. The summed E-state index contributed by atoms with van der Waals surface area (Å²) in [5.41, 5.74) is 4.05. The van der Waals surface area contributed by atoms with Gasteiger partial charge in [-0.05, 0) is 61.5 Å². The van der Waals surface area contributed by atoms with E-state index in [0.717, 1.165) is 21.7 Å². The molecule has 10 nitrogen and oxygen atoms in total. The third kappa shape index (κ3) is 6.33. The van der Waals surface area contributed by atoms with E-state index < -0.39 is 35.5 Å². The first-order chi connectivity index (χ1) is 20.2. The minimum absolute atomic E-state index is 0.0137. The fourth-order valence-corrected chi connectivity index (χ4v) is 7.75. The zero-order chi connectivity index (χ0) is 31.3. The lowest BCUT2D eigenvalue weighted by Crippen LogP contribution is -2.60. The van der Waals surface area contributed by atoms with Crippen LogP contribution in [0.25, 0.3) is 10.4 Å². The van der Waals surface area contributed by atoms with Gasteiger partial charge in [0.15, 0.2) is 0 Å². The molecule has 1 aliphatic heterocycles. The zero-order valence-electron chi connectivity index (χ0n) is 25.4. The van der Waals surface area contributed by atoms with Crippen molar-refractivity contribution in [2.24, 2.45) is 22.7 Å². The minimum atomic E-state index is -0.884. The number of aryl methyl sites for hydroxylation is 1. The van der Waals surface area contributed by atoms with Crippen molar-refractivity contribution in [1.82, 2.24) is 20.5 Å². The van der Waals surface area contributed by atoms with E-state index in [4.69, 9.17) is 0 Å². The topological polar surface area (TPSA) is 149 Å². The third-order valence-electron chi connectivity index (χ3n) is 9.48. The summed E-state index contributed by atoms with van der Waals surface area (Å²) in [6.45, 7) is 9.46. The van der Waals surface area contributed by atoms with Crippen LogP contribution in [-0.4, -0.2) is 68.5 Å². The van der Waals surface area contributed by atoms with Gasteiger partial charge >= 0.3 is 5.97 Å². The van der Waals surface area contributed by atoms with Gasteiger partial charge in [0.1, 0.15) is 12.1 Å². The van der Waals surface area contributed by atoms with Crippen LogP contribution in [0.15, 0.2) is 29.8 Å². The summed E-state index contributed by atoms with van der Waals surface area (Å²) in [5.74, 6) is -2.33. The van der Waals surface area contributed by atoms with Crippen molar-refractivity contribution in [2.75, 3.05) is 6.54 Å². The van der Waals surface area contributed by atoms with Crippen LogP contribution in [0, 0.1) is 29.6 Å². The second kappa shape index (κ2) is 11.6. The Bertz CT molecular complexity index is 1390. The number of carboxylic acids is 1. The predicted molar refractivity (Wildman–Crippen MR) is 162 cm³/mol. The molecule has 1 spiro atoms. The van der Waals surface area contributed by atoms with Crippen molar-refractivity contribution in [3.8, 4) is 10.4 Å². The maximum atomic E-state index is 13.9. The van der Waals surface area contributed by atoms with Crippen molar-refractivity contribution in [2.45, 2.75) is 91.0 Å². The third-order valence-corrected chi connectivity index (χ3v) is 10.5. The molecule has 3 aliphatic rings. The van der Waals surface area contributed by atoms with Crippen molar-refractivity contribution in [3.63, 3.8) is 0 Å². The van der Waals surface area contributed by atoms with Crippen molar-refractivity contribution in [1.29, 1.82) is 0 Å². The summed E-state index contributed by atoms with van der Waals surface area (Å²) in [6, 6.07) is 5.87. The quantitative estimate of drug-likeness (QED) is 0.356. The highest BCUT2D eigenvalue weighted by Crippen LogP contribution is 2.61. The Hall–Kier alpha value is -3.31. The van der Waals surface area contributed by atoms with Crippen molar-refractivity contribution in [3.05, 3.63) is 41.0 Å². The van der Waals surface area contributed by atoms with Gasteiger partial charge in [0.2, 0.25) is 17.7 Å². The van der Waals surface area contributed by atoms with E-state index in [1.807, 2.05) is 64.4 Å². The maximum Gasteiger partial charge on any atom is 0.306 e. The number of rotatable bonds is 8. The zero-order valence-corrected chi connectivity index (χ0v) is 26.2. The number of nitrogens with one attached hydrogen (secondary N) is 2. The molecule has 2 heterocycles. The van der Waals surface area contributed by atoms with Gasteiger partial charge in [0.05, 0.1) is 34.1 Å². The Morgan fingerprint density at radius 1 is 1.02 bits per heavy atom. The average Bonchev–Trinajstić information content (AvgIpc) is 3.49. The predicted octanol–water partition coefficient (Wildman–Crippen LogP) is 3.68. The van der Waals surface area contributed by atoms with Crippen LogP contribution in [0.1, 0.15) is 77.1 Å². The fourth-order valence-electron chi connectivity index (χ4n) is 6.94. The number of thiazole rings is 1. The number of likely N-dealkylation sites (tertiary alicyclic amines) is 1. The molecule has 232 valence electrons. The van der Waals surface area contributed by atoms with Gasteiger partial charge in [-0.2, -0.15) is 0 Å². The maximum absolute atomic E-state index is 13.9. The number of hydrogen-bond donors (Lipinski definition) is 4. The number of nitrogens with zero attached hydrogens (tertiary/aromatic N) is 2. The van der Waals surface area contributed by atoms with Gasteiger partial charge in [-0.15, -0.1) is 11.3 Å². The highest BCUT2D eigenvalue weighted by Gasteiger charge is 2.57. The summed E-state index contributed by atoms with van der Waals surface area (Å²) >= 11 is 1.58. The van der Waals surface area contributed by atoms with E-state index >= 15 is 0 Å². The number of aliphatic hydroxyl groups is 1. The van der Waals surface area contributed by atoms with Crippen LogP contribution in [0.5, 0.6) is 0 Å².